The molecule has 0 fully saturated rings. The summed E-state index contributed by atoms with van der Waals surface area (Å²) >= 11 is 0. The van der Waals surface area contributed by atoms with E-state index in [1.54, 1.807) is 20.3 Å². The highest BCUT2D eigenvalue weighted by Crippen LogP contribution is 2.27. The zero-order valence-electron chi connectivity index (χ0n) is 14.6. The minimum Gasteiger partial charge on any atom is -0.493 e. The van der Waals surface area contributed by atoms with E-state index in [1.165, 1.54) is 0 Å². The minimum atomic E-state index is -0.373. The Balaban J connectivity index is 0.00000484. The number of benzene rings is 1. The Hall–Kier alpha value is -1.46. The quantitative estimate of drug-likeness (QED) is 0.760. The Kier molecular flexibility index (Phi) is 9.02. The van der Waals surface area contributed by atoms with Gasteiger partial charge in [-0.1, -0.05) is 19.9 Å². The van der Waals surface area contributed by atoms with Crippen molar-refractivity contribution in [2.75, 3.05) is 20.8 Å². The Morgan fingerprint density at radius 1 is 1.26 bits per heavy atom. The van der Waals surface area contributed by atoms with Gasteiger partial charge in [0.25, 0.3) is 0 Å². The second kappa shape index (κ2) is 9.63. The molecule has 0 aliphatic heterocycles. The summed E-state index contributed by atoms with van der Waals surface area (Å²) in [5, 5.41) is 3.05. The SMILES string of the molecule is COc1ccc(CC(=O)NC(C)(CN)CC(C)C)cc1OC.Cl. The fourth-order valence-electron chi connectivity index (χ4n) is 2.64. The lowest BCUT2D eigenvalue weighted by Gasteiger charge is -2.31. The van der Waals surface area contributed by atoms with Gasteiger partial charge in [0.05, 0.1) is 20.6 Å². The molecule has 132 valence electrons. The number of hydrogen-bond donors (Lipinski definition) is 2. The van der Waals surface area contributed by atoms with Crippen LogP contribution in [0.4, 0.5) is 0 Å². The lowest BCUT2D eigenvalue weighted by Crippen LogP contribution is -2.52. The van der Waals surface area contributed by atoms with Crippen LogP contribution in [0.2, 0.25) is 0 Å². The van der Waals surface area contributed by atoms with Gasteiger partial charge in [0.1, 0.15) is 0 Å². The average molecular weight is 345 g/mol. The maximum Gasteiger partial charge on any atom is 0.224 e. The number of hydrogen-bond acceptors (Lipinski definition) is 4. The van der Waals surface area contributed by atoms with Crippen molar-refractivity contribution in [2.24, 2.45) is 11.7 Å². The average Bonchev–Trinajstić information content (AvgIpc) is 2.45. The number of carbonyl (C=O) groups excluding carboxylic acids is 1. The minimum absolute atomic E-state index is 0. The van der Waals surface area contributed by atoms with E-state index in [1.807, 2.05) is 19.1 Å². The number of nitrogens with two attached hydrogens (primary N) is 1. The molecule has 0 radical (unpaired) electrons. The van der Waals surface area contributed by atoms with Gasteiger partial charge in [-0.2, -0.15) is 0 Å². The van der Waals surface area contributed by atoms with Crippen LogP contribution < -0.4 is 20.5 Å². The highest BCUT2D eigenvalue weighted by Gasteiger charge is 2.25. The smallest absolute Gasteiger partial charge is 0.224 e. The van der Waals surface area contributed by atoms with Crippen molar-refractivity contribution in [2.45, 2.75) is 39.2 Å². The molecule has 0 spiro atoms. The van der Waals surface area contributed by atoms with E-state index in [4.69, 9.17) is 15.2 Å². The maximum atomic E-state index is 12.3. The van der Waals surface area contributed by atoms with Crippen molar-refractivity contribution in [1.82, 2.24) is 5.32 Å². The number of carbonyl (C=O) groups is 1. The summed E-state index contributed by atoms with van der Waals surface area (Å²) in [6.07, 6.45) is 1.13. The van der Waals surface area contributed by atoms with Crippen molar-refractivity contribution < 1.29 is 14.3 Å². The summed E-state index contributed by atoms with van der Waals surface area (Å²) < 4.78 is 10.5. The highest BCUT2D eigenvalue weighted by molar-refractivity contribution is 5.85. The van der Waals surface area contributed by atoms with Gasteiger partial charge in [-0.05, 0) is 37.0 Å². The van der Waals surface area contributed by atoms with Crippen LogP contribution >= 0.6 is 12.4 Å². The van der Waals surface area contributed by atoms with E-state index >= 15 is 0 Å². The first-order valence-electron chi connectivity index (χ1n) is 7.55. The van der Waals surface area contributed by atoms with Crippen LogP contribution in [-0.4, -0.2) is 32.2 Å². The molecule has 1 rings (SSSR count). The molecule has 3 N–H and O–H groups in total. The van der Waals surface area contributed by atoms with Gasteiger partial charge in [0, 0.05) is 12.1 Å². The fourth-order valence-corrected chi connectivity index (χ4v) is 2.64. The molecule has 0 saturated carbocycles. The van der Waals surface area contributed by atoms with Crippen LogP contribution in [0.25, 0.3) is 0 Å². The molecular weight excluding hydrogens is 316 g/mol. The van der Waals surface area contributed by atoms with Gasteiger partial charge in [0.2, 0.25) is 5.91 Å². The van der Waals surface area contributed by atoms with Crippen LogP contribution in [0.5, 0.6) is 11.5 Å². The molecule has 1 aromatic carbocycles. The lowest BCUT2D eigenvalue weighted by molar-refractivity contribution is -0.122. The Bertz CT molecular complexity index is 509. The van der Waals surface area contributed by atoms with E-state index in [0.29, 0.717) is 24.0 Å². The van der Waals surface area contributed by atoms with Crippen molar-refractivity contribution in [3.63, 3.8) is 0 Å². The molecule has 5 nitrogen and oxygen atoms in total. The predicted octanol–water partition coefficient (Wildman–Crippen LogP) is 2.55. The first-order valence-corrected chi connectivity index (χ1v) is 7.55. The first kappa shape index (κ1) is 21.5. The third kappa shape index (κ3) is 6.67. The molecule has 0 aromatic heterocycles. The summed E-state index contributed by atoms with van der Waals surface area (Å²) in [7, 11) is 3.17. The van der Waals surface area contributed by atoms with Gasteiger partial charge >= 0.3 is 0 Å². The van der Waals surface area contributed by atoms with E-state index in [2.05, 4.69) is 19.2 Å². The van der Waals surface area contributed by atoms with Crippen molar-refractivity contribution in [3.8, 4) is 11.5 Å². The number of amides is 1. The second-order valence-corrected chi connectivity index (χ2v) is 6.28. The largest absolute Gasteiger partial charge is 0.493 e. The molecule has 1 unspecified atom stereocenters. The highest BCUT2D eigenvalue weighted by atomic mass is 35.5. The first-order chi connectivity index (χ1) is 10.3. The molecule has 0 heterocycles. The maximum absolute atomic E-state index is 12.3. The van der Waals surface area contributed by atoms with Crippen molar-refractivity contribution in [1.29, 1.82) is 0 Å². The molecule has 23 heavy (non-hydrogen) atoms. The summed E-state index contributed by atoms with van der Waals surface area (Å²) in [5.74, 6) is 1.70. The zero-order valence-corrected chi connectivity index (χ0v) is 15.5. The van der Waals surface area contributed by atoms with E-state index < -0.39 is 0 Å². The van der Waals surface area contributed by atoms with Crippen LogP contribution in [0.3, 0.4) is 0 Å². The number of methoxy groups -OCH3 is 2. The van der Waals surface area contributed by atoms with Crippen molar-refractivity contribution in [3.05, 3.63) is 23.8 Å². The van der Waals surface area contributed by atoms with Gasteiger partial charge < -0.3 is 20.5 Å². The molecule has 0 saturated heterocycles. The number of nitrogens with one attached hydrogen (secondary N) is 1. The molecule has 1 amide bonds. The molecule has 0 bridgehead atoms. The lowest BCUT2D eigenvalue weighted by atomic mass is 9.90. The van der Waals surface area contributed by atoms with Crippen LogP contribution in [0, 0.1) is 5.92 Å². The van der Waals surface area contributed by atoms with Gasteiger partial charge in [-0.15, -0.1) is 12.4 Å². The van der Waals surface area contributed by atoms with Gasteiger partial charge in [-0.25, -0.2) is 0 Å². The summed E-state index contributed by atoms with van der Waals surface area (Å²) in [4.78, 5) is 12.3. The third-order valence-electron chi connectivity index (χ3n) is 3.56. The third-order valence-corrected chi connectivity index (χ3v) is 3.56. The molecule has 0 aliphatic rings. The topological polar surface area (TPSA) is 73.6 Å². The Morgan fingerprint density at radius 3 is 2.35 bits per heavy atom. The second-order valence-electron chi connectivity index (χ2n) is 6.28. The summed E-state index contributed by atoms with van der Waals surface area (Å²) in [6, 6.07) is 5.49. The summed E-state index contributed by atoms with van der Waals surface area (Å²) in [6.45, 7) is 6.64. The Morgan fingerprint density at radius 2 is 1.87 bits per heavy atom. The molecule has 6 heteroatoms. The predicted molar refractivity (Wildman–Crippen MR) is 95.6 cm³/mol. The fraction of sp³-hybridized carbons (Fsp3) is 0.588. The van der Waals surface area contributed by atoms with Gasteiger partial charge in [0.15, 0.2) is 11.5 Å². The Labute approximate surface area is 145 Å². The molecule has 1 atom stereocenters. The number of rotatable bonds is 8. The van der Waals surface area contributed by atoms with E-state index in [0.717, 1.165) is 12.0 Å². The van der Waals surface area contributed by atoms with Crippen LogP contribution in [-0.2, 0) is 11.2 Å². The monoisotopic (exact) mass is 344 g/mol. The molecule has 0 aliphatic carbocycles. The van der Waals surface area contributed by atoms with E-state index in [9.17, 15) is 4.79 Å². The van der Waals surface area contributed by atoms with Crippen molar-refractivity contribution >= 4 is 18.3 Å². The standard InChI is InChI=1S/C17H28N2O3.ClH/c1-12(2)10-17(3,11-18)19-16(20)9-13-6-7-14(21-4)15(8-13)22-5;/h6-8,12H,9-11,18H2,1-5H3,(H,19,20);1H. The molecule has 1 aromatic rings. The van der Waals surface area contributed by atoms with Crippen LogP contribution in [0.15, 0.2) is 18.2 Å². The molecular formula is C17H29ClN2O3. The number of ether oxygens (including phenoxy) is 2. The summed E-state index contributed by atoms with van der Waals surface area (Å²) in [5.41, 5.74) is 6.33. The number of halogens is 1. The van der Waals surface area contributed by atoms with E-state index in [-0.39, 0.29) is 30.3 Å². The van der Waals surface area contributed by atoms with Gasteiger partial charge in [-0.3, -0.25) is 4.79 Å². The normalized spacial score (nSPS) is 13.0. The zero-order chi connectivity index (χ0) is 16.8. The van der Waals surface area contributed by atoms with Crippen LogP contribution in [0.1, 0.15) is 32.8 Å².